The summed E-state index contributed by atoms with van der Waals surface area (Å²) < 4.78 is 0. The predicted molar refractivity (Wildman–Crippen MR) is 159 cm³/mol. The van der Waals surface area contributed by atoms with Crippen molar-refractivity contribution in [2.45, 2.75) is 83.6 Å². The van der Waals surface area contributed by atoms with E-state index in [1.807, 2.05) is 30.5 Å². The lowest BCUT2D eigenvalue weighted by Gasteiger charge is -2.14. The van der Waals surface area contributed by atoms with Crippen molar-refractivity contribution in [3.8, 4) is 0 Å². The lowest BCUT2D eigenvalue weighted by atomic mass is 10.0. The number of benzene rings is 1. The lowest BCUT2D eigenvalue weighted by molar-refractivity contribution is -0.141. The number of unbranched alkanes of at least 4 members (excludes halogenated alkanes) is 3. The minimum absolute atomic E-state index is 0.202. The van der Waals surface area contributed by atoms with E-state index >= 15 is 0 Å². The number of carbonyl (C=O) groups excluding carboxylic acids is 1. The van der Waals surface area contributed by atoms with Gasteiger partial charge in [-0.1, -0.05) is 92.3 Å². The summed E-state index contributed by atoms with van der Waals surface area (Å²) in [6, 6.07) is 6.84. The van der Waals surface area contributed by atoms with Crippen molar-refractivity contribution < 1.29 is 14.7 Å². The highest BCUT2D eigenvalue weighted by Crippen LogP contribution is 2.19. The first-order chi connectivity index (χ1) is 18.6. The standard InChI is InChI=1S/C33H44N2O3/c1-2-3-4-5-6-7-8-9-10-11-12-13-14-15-16-17-18-19-20-25-32(36)35-31(33(37)38)26-28-27-34-30-24-22-21-23-29(28)30/h3-4,6-7,9-10,12-13,15-16,21-24,27,31,34H,2,5,8,11,14,17-20,25-26H2,1H3,(H,35,36)(H,37,38)/b4-3-,7-6-,10-9-,13-12-,16-15-/t31-/m0/s1. The van der Waals surface area contributed by atoms with Crippen LogP contribution >= 0.6 is 0 Å². The molecule has 1 aromatic carbocycles. The van der Waals surface area contributed by atoms with Gasteiger partial charge in [0.1, 0.15) is 6.04 Å². The molecule has 0 aliphatic rings. The Morgan fingerprint density at radius 2 is 1.45 bits per heavy atom. The fourth-order valence-corrected chi connectivity index (χ4v) is 4.08. The molecule has 38 heavy (non-hydrogen) atoms. The van der Waals surface area contributed by atoms with Crippen LogP contribution in [-0.4, -0.2) is 28.0 Å². The third kappa shape index (κ3) is 13.1. The number of H-pyrrole nitrogens is 1. The number of aromatic nitrogens is 1. The molecule has 3 N–H and O–H groups in total. The van der Waals surface area contributed by atoms with Gasteiger partial charge in [-0.2, -0.15) is 0 Å². The Kier molecular flexibility index (Phi) is 15.7. The van der Waals surface area contributed by atoms with E-state index in [1.165, 1.54) is 0 Å². The van der Waals surface area contributed by atoms with Crippen LogP contribution in [0.1, 0.15) is 76.7 Å². The van der Waals surface area contributed by atoms with Crippen LogP contribution in [0.2, 0.25) is 0 Å². The molecule has 1 aromatic heterocycles. The fraction of sp³-hybridized carbons (Fsp3) is 0.394. The van der Waals surface area contributed by atoms with Gasteiger partial charge in [0, 0.05) is 29.9 Å². The number of allylic oxidation sites excluding steroid dienone is 10. The van der Waals surface area contributed by atoms with Crippen molar-refractivity contribution in [1.82, 2.24) is 10.3 Å². The van der Waals surface area contributed by atoms with E-state index in [1.54, 1.807) is 0 Å². The predicted octanol–water partition coefficient (Wildman–Crippen LogP) is 7.98. The number of hydrogen-bond donors (Lipinski definition) is 3. The van der Waals surface area contributed by atoms with Gasteiger partial charge in [-0.25, -0.2) is 4.79 Å². The van der Waals surface area contributed by atoms with Gasteiger partial charge in [-0.3, -0.25) is 4.79 Å². The van der Waals surface area contributed by atoms with Crippen LogP contribution in [0, 0.1) is 0 Å². The number of hydrogen-bond acceptors (Lipinski definition) is 2. The lowest BCUT2D eigenvalue weighted by Crippen LogP contribution is -2.42. The normalized spacial score (nSPS) is 13.2. The monoisotopic (exact) mass is 516 g/mol. The van der Waals surface area contributed by atoms with E-state index < -0.39 is 12.0 Å². The second-order valence-corrected chi connectivity index (χ2v) is 9.33. The summed E-state index contributed by atoms with van der Waals surface area (Å²) in [5, 5.41) is 13.3. The van der Waals surface area contributed by atoms with Crippen molar-refractivity contribution in [2.24, 2.45) is 0 Å². The van der Waals surface area contributed by atoms with Gasteiger partial charge in [-0.05, 0) is 63.0 Å². The van der Waals surface area contributed by atoms with Crippen molar-refractivity contribution >= 4 is 22.8 Å². The van der Waals surface area contributed by atoms with E-state index in [-0.39, 0.29) is 12.3 Å². The summed E-state index contributed by atoms with van der Waals surface area (Å²) in [6.45, 7) is 2.15. The van der Waals surface area contributed by atoms with Gasteiger partial charge >= 0.3 is 5.97 Å². The first-order valence-electron chi connectivity index (χ1n) is 13.9. The van der Waals surface area contributed by atoms with Gasteiger partial charge in [0.2, 0.25) is 5.91 Å². The zero-order valence-corrected chi connectivity index (χ0v) is 22.8. The molecule has 2 rings (SSSR count). The van der Waals surface area contributed by atoms with Gasteiger partial charge in [-0.15, -0.1) is 0 Å². The molecule has 204 valence electrons. The third-order valence-electron chi connectivity index (χ3n) is 6.16. The number of fused-ring (bicyclic) bond motifs is 1. The van der Waals surface area contributed by atoms with Crippen LogP contribution in [0.15, 0.2) is 91.2 Å². The number of amides is 1. The number of carboxylic acids is 1. The Labute approximate surface area is 228 Å². The molecule has 1 heterocycles. The van der Waals surface area contributed by atoms with Crippen molar-refractivity contribution in [3.05, 3.63) is 96.8 Å². The maximum absolute atomic E-state index is 12.3. The minimum atomic E-state index is -1.01. The van der Waals surface area contributed by atoms with Crippen molar-refractivity contribution in [3.63, 3.8) is 0 Å². The molecule has 2 aromatic rings. The maximum Gasteiger partial charge on any atom is 0.326 e. The minimum Gasteiger partial charge on any atom is -0.480 e. The maximum atomic E-state index is 12.3. The molecule has 1 atom stereocenters. The van der Waals surface area contributed by atoms with Crippen LogP contribution in [-0.2, 0) is 16.0 Å². The molecule has 0 aliphatic carbocycles. The Morgan fingerprint density at radius 1 is 0.842 bits per heavy atom. The molecule has 1 amide bonds. The molecule has 5 nitrogen and oxygen atoms in total. The summed E-state index contributed by atoms with van der Waals surface area (Å²) in [4.78, 5) is 27.2. The van der Waals surface area contributed by atoms with Gasteiger partial charge in [0.15, 0.2) is 0 Å². The Morgan fingerprint density at radius 3 is 2.08 bits per heavy atom. The van der Waals surface area contributed by atoms with Crippen LogP contribution in [0.25, 0.3) is 10.9 Å². The molecule has 0 bridgehead atoms. The van der Waals surface area contributed by atoms with E-state index in [9.17, 15) is 14.7 Å². The average molecular weight is 517 g/mol. The summed E-state index contributed by atoms with van der Waals surface area (Å²) in [7, 11) is 0. The molecule has 0 fully saturated rings. The van der Waals surface area contributed by atoms with Gasteiger partial charge in [0.05, 0.1) is 0 Å². The molecule has 0 saturated heterocycles. The third-order valence-corrected chi connectivity index (χ3v) is 6.16. The number of aromatic amines is 1. The molecule has 0 aliphatic heterocycles. The summed E-state index contributed by atoms with van der Waals surface area (Å²) in [5.41, 5.74) is 1.86. The van der Waals surface area contributed by atoms with E-state index in [2.05, 4.69) is 78.0 Å². The zero-order valence-electron chi connectivity index (χ0n) is 22.8. The topological polar surface area (TPSA) is 82.2 Å². The Balaban J connectivity index is 1.51. The van der Waals surface area contributed by atoms with Crippen LogP contribution < -0.4 is 5.32 Å². The largest absolute Gasteiger partial charge is 0.480 e. The highest BCUT2D eigenvalue weighted by Gasteiger charge is 2.21. The van der Waals surface area contributed by atoms with Crippen molar-refractivity contribution in [1.29, 1.82) is 0 Å². The van der Waals surface area contributed by atoms with Crippen LogP contribution in [0.3, 0.4) is 0 Å². The zero-order chi connectivity index (χ0) is 27.3. The molecule has 0 unspecified atom stereocenters. The number of aliphatic carboxylic acids is 1. The van der Waals surface area contributed by atoms with E-state index in [4.69, 9.17) is 0 Å². The number of para-hydroxylation sites is 1. The molecule has 5 heteroatoms. The average Bonchev–Trinajstić information content (AvgIpc) is 3.32. The van der Waals surface area contributed by atoms with E-state index in [0.717, 1.165) is 74.3 Å². The van der Waals surface area contributed by atoms with E-state index in [0.29, 0.717) is 6.42 Å². The molecule has 0 spiro atoms. The first-order valence-corrected chi connectivity index (χ1v) is 13.9. The second kappa shape index (κ2) is 19.5. The Bertz CT molecular complexity index is 1100. The Hall–Kier alpha value is -3.60. The highest BCUT2D eigenvalue weighted by molar-refractivity contribution is 5.86. The molecule has 0 saturated carbocycles. The van der Waals surface area contributed by atoms with Gasteiger partial charge in [0.25, 0.3) is 0 Å². The summed E-state index contributed by atoms with van der Waals surface area (Å²) in [5.74, 6) is -1.21. The first kappa shape index (κ1) is 30.6. The molecular formula is C33H44N2O3. The number of rotatable bonds is 19. The molecular weight excluding hydrogens is 472 g/mol. The molecule has 0 radical (unpaired) electrons. The second-order valence-electron chi connectivity index (χ2n) is 9.33. The number of carbonyl (C=O) groups is 2. The quantitative estimate of drug-likeness (QED) is 0.131. The van der Waals surface area contributed by atoms with Crippen molar-refractivity contribution in [2.75, 3.05) is 0 Å². The fourth-order valence-electron chi connectivity index (χ4n) is 4.08. The summed E-state index contributed by atoms with van der Waals surface area (Å²) >= 11 is 0. The van der Waals surface area contributed by atoms with Crippen LogP contribution in [0.5, 0.6) is 0 Å². The van der Waals surface area contributed by atoms with Crippen LogP contribution in [0.4, 0.5) is 0 Å². The smallest absolute Gasteiger partial charge is 0.326 e. The highest BCUT2D eigenvalue weighted by atomic mass is 16.4. The number of carboxylic acid groups (broad SMARTS) is 1. The number of nitrogens with one attached hydrogen (secondary N) is 2. The SMILES string of the molecule is CC/C=C\C/C=C\C/C=C\C/C=C\C/C=C\CCCCCC(=O)N[C@@H](Cc1c[nH]c2ccccc12)C(=O)O. The van der Waals surface area contributed by atoms with Gasteiger partial charge < -0.3 is 15.4 Å². The summed E-state index contributed by atoms with van der Waals surface area (Å²) in [6.07, 6.45) is 33.1.